The van der Waals surface area contributed by atoms with Gasteiger partial charge < -0.3 is 10.1 Å². The number of nitro groups is 1. The van der Waals surface area contributed by atoms with Gasteiger partial charge in [0.05, 0.1) is 4.92 Å². The number of nitrogens with one attached hydrogen (secondary N) is 3. The Morgan fingerprint density at radius 1 is 1.04 bits per heavy atom. The van der Waals surface area contributed by atoms with E-state index < -0.39 is 22.8 Å². The van der Waals surface area contributed by atoms with Crippen molar-refractivity contribution < 1.29 is 24.0 Å². The molecule has 1 atom stereocenters. The Morgan fingerprint density at radius 2 is 1.68 bits per heavy atom. The standard InChI is InChI=1S/C18H18N4O6/c1-11(28-16-6-4-3-5-15(16)22(26)27)17(24)20-21-18(25)13-7-9-14(10-8-13)19-12(2)23/h3-11H,1-2H3,(H,19,23)(H,20,24)(H,21,25). The summed E-state index contributed by atoms with van der Waals surface area (Å²) in [6.45, 7) is 2.75. The highest BCUT2D eigenvalue weighted by atomic mass is 16.6. The molecule has 0 aliphatic rings. The van der Waals surface area contributed by atoms with E-state index in [2.05, 4.69) is 16.2 Å². The lowest BCUT2D eigenvalue weighted by Crippen LogP contribution is -2.47. The average Bonchev–Trinajstić information content (AvgIpc) is 2.66. The number of amides is 3. The first kappa shape index (κ1) is 20.4. The third kappa shape index (κ3) is 5.53. The SMILES string of the molecule is CC(=O)Nc1ccc(C(=O)NNC(=O)C(C)Oc2ccccc2[N+](=O)[O-])cc1. The summed E-state index contributed by atoms with van der Waals surface area (Å²) >= 11 is 0. The number of carbonyl (C=O) groups excluding carboxylic acids is 3. The summed E-state index contributed by atoms with van der Waals surface area (Å²) in [4.78, 5) is 45.5. The smallest absolute Gasteiger partial charge is 0.310 e. The number of ether oxygens (including phenoxy) is 1. The molecule has 0 aliphatic heterocycles. The topological polar surface area (TPSA) is 140 Å². The highest BCUT2D eigenvalue weighted by Crippen LogP contribution is 2.26. The van der Waals surface area contributed by atoms with Gasteiger partial charge in [-0.1, -0.05) is 12.1 Å². The van der Waals surface area contributed by atoms with E-state index in [0.717, 1.165) is 0 Å². The van der Waals surface area contributed by atoms with Gasteiger partial charge in [0.25, 0.3) is 11.8 Å². The van der Waals surface area contributed by atoms with E-state index in [4.69, 9.17) is 4.74 Å². The number of nitro benzene ring substituents is 1. The zero-order valence-corrected chi connectivity index (χ0v) is 15.1. The van der Waals surface area contributed by atoms with E-state index in [1.807, 2.05) is 0 Å². The van der Waals surface area contributed by atoms with Crippen molar-refractivity contribution in [2.75, 3.05) is 5.32 Å². The number of benzene rings is 2. The van der Waals surface area contributed by atoms with Gasteiger partial charge in [-0.05, 0) is 37.3 Å². The molecule has 2 rings (SSSR count). The molecule has 0 heterocycles. The second kappa shape index (κ2) is 9.12. The molecule has 0 saturated carbocycles. The van der Waals surface area contributed by atoms with Crippen LogP contribution in [0.5, 0.6) is 5.75 Å². The van der Waals surface area contributed by atoms with Gasteiger partial charge >= 0.3 is 5.69 Å². The summed E-state index contributed by atoms with van der Waals surface area (Å²) < 4.78 is 5.31. The minimum absolute atomic E-state index is 0.0602. The molecule has 1 unspecified atom stereocenters. The van der Waals surface area contributed by atoms with Crippen LogP contribution < -0.4 is 20.9 Å². The van der Waals surface area contributed by atoms with E-state index >= 15 is 0 Å². The van der Waals surface area contributed by atoms with Crippen LogP contribution in [0, 0.1) is 10.1 Å². The first-order chi connectivity index (χ1) is 13.3. The second-order valence-electron chi connectivity index (χ2n) is 5.69. The maximum atomic E-state index is 12.1. The molecule has 3 amide bonds. The molecular formula is C18H18N4O6. The Morgan fingerprint density at radius 3 is 2.29 bits per heavy atom. The van der Waals surface area contributed by atoms with Crippen molar-refractivity contribution in [2.45, 2.75) is 20.0 Å². The summed E-state index contributed by atoms with van der Waals surface area (Å²) in [6, 6.07) is 11.7. The van der Waals surface area contributed by atoms with E-state index in [1.165, 1.54) is 44.2 Å². The Balaban J connectivity index is 1.91. The monoisotopic (exact) mass is 386 g/mol. The minimum Gasteiger partial charge on any atom is -0.474 e. The first-order valence-electron chi connectivity index (χ1n) is 8.16. The first-order valence-corrected chi connectivity index (χ1v) is 8.16. The number of anilines is 1. The largest absolute Gasteiger partial charge is 0.474 e. The molecule has 2 aromatic rings. The molecule has 10 heteroatoms. The Kier molecular flexibility index (Phi) is 6.63. The van der Waals surface area contributed by atoms with Gasteiger partial charge in [0.2, 0.25) is 5.91 Å². The lowest BCUT2D eigenvalue weighted by atomic mass is 10.2. The molecule has 3 N–H and O–H groups in total. The summed E-state index contributed by atoms with van der Waals surface area (Å²) in [6.07, 6.45) is -1.09. The number of rotatable bonds is 6. The average molecular weight is 386 g/mol. The molecule has 10 nitrogen and oxygen atoms in total. The predicted octanol–water partition coefficient (Wildman–Crippen LogP) is 1.78. The van der Waals surface area contributed by atoms with Crippen molar-refractivity contribution >= 4 is 29.1 Å². The predicted molar refractivity (Wildman–Crippen MR) is 99.5 cm³/mol. The van der Waals surface area contributed by atoms with Gasteiger partial charge in [0.1, 0.15) is 0 Å². The van der Waals surface area contributed by atoms with Crippen LogP contribution in [-0.2, 0) is 9.59 Å². The third-order valence-corrected chi connectivity index (χ3v) is 3.50. The highest BCUT2D eigenvalue weighted by Gasteiger charge is 2.21. The van der Waals surface area contributed by atoms with Crippen LogP contribution in [0.3, 0.4) is 0 Å². The van der Waals surface area contributed by atoms with Crippen molar-refractivity contribution in [1.82, 2.24) is 10.9 Å². The maximum Gasteiger partial charge on any atom is 0.310 e. The van der Waals surface area contributed by atoms with Crippen LogP contribution in [0.25, 0.3) is 0 Å². The van der Waals surface area contributed by atoms with Crippen molar-refractivity contribution in [1.29, 1.82) is 0 Å². The van der Waals surface area contributed by atoms with Crippen LogP contribution in [0.15, 0.2) is 48.5 Å². The van der Waals surface area contributed by atoms with E-state index in [1.54, 1.807) is 18.2 Å². The number of hydrogen-bond acceptors (Lipinski definition) is 6. The van der Waals surface area contributed by atoms with Crippen LogP contribution in [-0.4, -0.2) is 28.7 Å². The number of nitrogens with zero attached hydrogens (tertiary/aromatic N) is 1. The van der Waals surface area contributed by atoms with E-state index in [-0.39, 0.29) is 22.9 Å². The van der Waals surface area contributed by atoms with Crippen molar-refractivity contribution in [3.05, 3.63) is 64.2 Å². The minimum atomic E-state index is -1.09. The van der Waals surface area contributed by atoms with Crippen LogP contribution in [0.1, 0.15) is 24.2 Å². The molecule has 2 aromatic carbocycles. The zero-order chi connectivity index (χ0) is 20.7. The fourth-order valence-corrected chi connectivity index (χ4v) is 2.15. The molecule has 28 heavy (non-hydrogen) atoms. The summed E-state index contributed by atoms with van der Waals surface area (Å²) in [7, 11) is 0. The lowest BCUT2D eigenvalue weighted by molar-refractivity contribution is -0.386. The fraction of sp³-hybridized carbons (Fsp3) is 0.167. The van der Waals surface area contributed by atoms with E-state index in [0.29, 0.717) is 5.69 Å². The van der Waals surface area contributed by atoms with Crippen molar-refractivity contribution in [2.24, 2.45) is 0 Å². The molecule has 0 radical (unpaired) electrons. The zero-order valence-electron chi connectivity index (χ0n) is 15.1. The highest BCUT2D eigenvalue weighted by molar-refractivity contribution is 5.96. The molecule has 0 fully saturated rings. The molecule has 146 valence electrons. The molecule has 0 saturated heterocycles. The van der Waals surface area contributed by atoms with Crippen LogP contribution >= 0.6 is 0 Å². The van der Waals surface area contributed by atoms with Gasteiger partial charge in [-0.15, -0.1) is 0 Å². The lowest BCUT2D eigenvalue weighted by Gasteiger charge is -2.15. The fourth-order valence-electron chi connectivity index (χ4n) is 2.15. The normalized spacial score (nSPS) is 11.1. The molecule has 0 aliphatic carbocycles. The summed E-state index contributed by atoms with van der Waals surface area (Å²) in [5.41, 5.74) is 4.92. The molecule has 0 spiro atoms. The summed E-state index contributed by atoms with van der Waals surface area (Å²) in [5, 5.41) is 13.5. The molecule has 0 bridgehead atoms. The van der Waals surface area contributed by atoms with Crippen LogP contribution in [0.4, 0.5) is 11.4 Å². The van der Waals surface area contributed by atoms with Crippen molar-refractivity contribution in [3.63, 3.8) is 0 Å². The van der Waals surface area contributed by atoms with Gasteiger partial charge in [-0.3, -0.25) is 35.3 Å². The number of carbonyl (C=O) groups is 3. The Hall–Kier alpha value is -3.95. The Bertz CT molecular complexity index is 897. The van der Waals surface area contributed by atoms with Gasteiger partial charge in [0.15, 0.2) is 11.9 Å². The van der Waals surface area contributed by atoms with E-state index in [9.17, 15) is 24.5 Å². The van der Waals surface area contributed by atoms with Crippen LogP contribution in [0.2, 0.25) is 0 Å². The van der Waals surface area contributed by atoms with Crippen molar-refractivity contribution in [3.8, 4) is 5.75 Å². The molecule has 0 aromatic heterocycles. The molecular weight excluding hydrogens is 368 g/mol. The number of hydrogen-bond donors (Lipinski definition) is 3. The van der Waals surface area contributed by atoms with Gasteiger partial charge in [-0.25, -0.2) is 0 Å². The maximum absolute atomic E-state index is 12.1. The second-order valence-corrected chi connectivity index (χ2v) is 5.69. The van der Waals surface area contributed by atoms with Gasteiger partial charge in [-0.2, -0.15) is 0 Å². The third-order valence-electron chi connectivity index (χ3n) is 3.50. The quantitative estimate of drug-likeness (QED) is 0.511. The number of hydrazine groups is 1. The summed E-state index contributed by atoms with van der Waals surface area (Å²) in [5.74, 6) is -1.57. The number of para-hydroxylation sites is 2. The van der Waals surface area contributed by atoms with Gasteiger partial charge in [0, 0.05) is 24.2 Å². The Labute approximate surface area is 160 Å².